The number of hydrogen-bond donors (Lipinski definition) is 2. The number of anilines is 2. The van der Waals surface area contributed by atoms with Crippen molar-refractivity contribution in [2.75, 3.05) is 23.3 Å². The Morgan fingerprint density at radius 3 is 2.64 bits per heavy atom. The average molecular weight is 387 g/mol. The van der Waals surface area contributed by atoms with E-state index in [0.29, 0.717) is 12.1 Å². The van der Waals surface area contributed by atoms with E-state index in [9.17, 15) is 13.6 Å². The van der Waals surface area contributed by atoms with Crippen molar-refractivity contribution in [2.24, 2.45) is 7.05 Å². The van der Waals surface area contributed by atoms with Crippen molar-refractivity contribution in [1.82, 2.24) is 24.7 Å². The maximum atomic E-state index is 13.1. The van der Waals surface area contributed by atoms with Crippen LogP contribution in [0.4, 0.5) is 20.3 Å². The summed E-state index contributed by atoms with van der Waals surface area (Å²) in [5.74, 6) is 0.284. The van der Waals surface area contributed by atoms with Gasteiger partial charge in [0, 0.05) is 38.4 Å². The number of alkyl halides is 2. The van der Waals surface area contributed by atoms with E-state index in [1.54, 1.807) is 16.6 Å². The van der Waals surface area contributed by atoms with Crippen LogP contribution in [-0.2, 0) is 7.05 Å². The van der Waals surface area contributed by atoms with E-state index in [4.69, 9.17) is 0 Å². The van der Waals surface area contributed by atoms with Gasteiger partial charge >= 0.3 is 0 Å². The van der Waals surface area contributed by atoms with Crippen LogP contribution in [0.1, 0.15) is 29.0 Å². The molecule has 8 nitrogen and oxygen atoms in total. The number of aryl methyl sites for hydroxylation is 1. The first-order valence-corrected chi connectivity index (χ1v) is 9.11. The normalized spacial score (nSPS) is 21.2. The maximum absolute atomic E-state index is 13.1. The van der Waals surface area contributed by atoms with Crippen molar-refractivity contribution < 1.29 is 13.6 Å². The van der Waals surface area contributed by atoms with Crippen LogP contribution < -0.4 is 15.5 Å². The van der Waals surface area contributed by atoms with Gasteiger partial charge in [0.25, 0.3) is 12.3 Å². The van der Waals surface area contributed by atoms with E-state index < -0.39 is 18.0 Å². The van der Waals surface area contributed by atoms with Crippen molar-refractivity contribution >= 4 is 22.9 Å². The van der Waals surface area contributed by atoms with Crippen molar-refractivity contribution in [3.63, 3.8) is 0 Å². The lowest BCUT2D eigenvalue weighted by atomic mass is 9.91. The zero-order valence-electron chi connectivity index (χ0n) is 15.1. The molecule has 3 aliphatic heterocycles. The van der Waals surface area contributed by atoms with Crippen LogP contribution in [0.3, 0.4) is 0 Å². The topological polar surface area (TPSA) is 79.5 Å². The summed E-state index contributed by atoms with van der Waals surface area (Å²) in [6.45, 7) is 1.76. The first-order chi connectivity index (χ1) is 13.5. The number of carbonyl (C=O) groups is 1. The Hall–Kier alpha value is -3.01. The minimum atomic E-state index is -2.77. The Labute approximate surface area is 159 Å². The number of nitrogens with zero attached hydrogens (tertiary/aromatic N) is 5. The molecule has 3 saturated heterocycles. The fraction of sp³-hybridized carbons (Fsp3) is 0.389. The quantitative estimate of drug-likeness (QED) is 0.714. The molecular formula is C18H19F2N7O. The number of hydrogen-bond acceptors (Lipinski definition) is 5. The highest BCUT2D eigenvalue weighted by Gasteiger charge is 2.37. The number of halogens is 2. The molecule has 0 aliphatic carbocycles. The summed E-state index contributed by atoms with van der Waals surface area (Å²) in [7, 11) is 1.53. The summed E-state index contributed by atoms with van der Waals surface area (Å²) in [6.07, 6.45) is -0.224. The molecule has 3 fully saturated rings. The second-order valence-corrected chi connectivity index (χ2v) is 7.30. The maximum Gasteiger partial charge on any atom is 0.284 e. The van der Waals surface area contributed by atoms with Crippen LogP contribution in [0, 0.1) is 0 Å². The fourth-order valence-electron chi connectivity index (χ4n) is 3.97. The van der Waals surface area contributed by atoms with E-state index in [1.807, 2.05) is 12.1 Å². The Bertz CT molecular complexity index is 1040. The lowest BCUT2D eigenvalue weighted by Gasteiger charge is -2.48. The second kappa shape index (κ2) is 6.26. The monoisotopic (exact) mass is 387 g/mol. The number of piperidine rings is 1. The van der Waals surface area contributed by atoms with E-state index in [-0.39, 0.29) is 11.4 Å². The molecule has 3 aromatic rings. The number of carbonyl (C=O) groups excluding carboxylic acids is 1. The second-order valence-electron chi connectivity index (χ2n) is 7.30. The predicted molar refractivity (Wildman–Crippen MR) is 98.9 cm³/mol. The van der Waals surface area contributed by atoms with Gasteiger partial charge in [-0.25, -0.2) is 13.3 Å². The molecule has 146 valence electrons. The van der Waals surface area contributed by atoms with Gasteiger partial charge in [0.1, 0.15) is 11.5 Å². The van der Waals surface area contributed by atoms with Crippen LogP contribution >= 0.6 is 0 Å². The molecule has 10 heteroatoms. The molecular weight excluding hydrogens is 368 g/mol. The first-order valence-electron chi connectivity index (χ1n) is 9.11. The average Bonchev–Trinajstić information content (AvgIpc) is 3.24. The zero-order chi connectivity index (χ0) is 19.4. The summed E-state index contributed by atoms with van der Waals surface area (Å²) in [5.41, 5.74) is 0.580. The summed E-state index contributed by atoms with van der Waals surface area (Å²) >= 11 is 0. The van der Waals surface area contributed by atoms with E-state index in [2.05, 4.69) is 25.7 Å². The third kappa shape index (κ3) is 2.80. The first kappa shape index (κ1) is 17.1. The van der Waals surface area contributed by atoms with Gasteiger partial charge < -0.3 is 15.5 Å². The molecule has 1 amide bonds. The van der Waals surface area contributed by atoms with Crippen molar-refractivity contribution in [3.8, 4) is 0 Å². The SMILES string of the molecule is Cn1cc(NC(=O)c2ccc3ccc(N4C[C@H]5C[C@@H](C4)N5)nn23)c(C(F)F)n1. The number of piperazine rings is 1. The molecule has 0 spiro atoms. The summed E-state index contributed by atoms with van der Waals surface area (Å²) < 4.78 is 29.1. The van der Waals surface area contributed by atoms with Gasteiger partial charge in [-0.2, -0.15) is 5.10 Å². The molecule has 28 heavy (non-hydrogen) atoms. The zero-order valence-corrected chi connectivity index (χ0v) is 15.1. The molecule has 2 N–H and O–H groups in total. The minimum absolute atomic E-state index is 0.00389. The molecule has 3 aliphatic rings. The summed E-state index contributed by atoms with van der Waals surface area (Å²) in [4.78, 5) is 14.9. The summed E-state index contributed by atoms with van der Waals surface area (Å²) in [6, 6.07) is 8.23. The van der Waals surface area contributed by atoms with Crippen LogP contribution in [0.25, 0.3) is 5.52 Å². The Morgan fingerprint density at radius 1 is 1.21 bits per heavy atom. The van der Waals surface area contributed by atoms with E-state index in [1.165, 1.54) is 24.3 Å². The van der Waals surface area contributed by atoms with Gasteiger partial charge in [-0.1, -0.05) is 0 Å². The molecule has 2 bridgehead atoms. The lowest BCUT2D eigenvalue weighted by molar-refractivity contribution is 0.101. The Morgan fingerprint density at radius 2 is 1.93 bits per heavy atom. The smallest absolute Gasteiger partial charge is 0.284 e. The molecule has 2 atom stereocenters. The van der Waals surface area contributed by atoms with Gasteiger partial charge in [0.15, 0.2) is 5.69 Å². The summed E-state index contributed by atoms with van der Waals surface area (Å²) in [5, 5.41) is 14.3. The molecule has 0 saturated carbocycles. The number of rotatable bonds is 4. The molecule has 0 unspecified atom stereocenters. The van der Waals surface area contributed by atoms with Crippen LogP contribution in [0.15, 0.2) is 30.5 Å². The predicted octanol–water partition coefficient (Wildman–Crippen LogP) is 1.81. The number of amides is 1. The van der Waals surface area contributed by atoms with E-state index >= 15 is 0 Å². The third-order valence-electron chi connectivity index (χ3n) is 5.28. The number of aromatic nitrogens is 4. The largest absolute Gasteiger partial charge is 0.352 e. The van der Waals surface area contributed by atoms with Gasteiger partial charge in [-0.3, -0.25) is 9.48 Å². The van der Waals surface area contributed by atoms with Crippen molar-refractivity contribution in [2.45, 2.75) is 24.9 Å². The van der Waals surface area contributed by atoms with Gasteiger partial charge in [-0.05, 0) is 30.7 Å². The molecule has 3 aromatic heterocycles. The highest BCUT2D eigenvalue weighted by molar-refractivity contribution is 6.04. The Balaban J connectivity index is 1.44. The third-order valence-corrected chi connectivity index (χ3v) is 5.28. The van der Waals surface area contributed by atoms with Gasteiger partial charge in [-0.15, -0.1) is 5.10 Å². The molecule has 6 heterocycles. The van der Waals surface area contributed by atoms with Gasteiger partial charge in [0.05, 0.1) is 11.2 Å². The van der Waals surface area contributed by atoms with E-state index in [0.717, 1.165) is 24.4 Å². The minimum Gasteiger partial charge on any atom is -0.352 e. The number of fused-ring (bicyclic) bond motifs is 3. The van der Waals surface area contributed by atoms with Crippen molar-refractivity contribution in [1.29, 1.82) is 0 Å². The van der Waals surface area contributed by atoms with Crippen molar-refractivity contribution in [3.05, 3.63) is 41.9 Å². The molecule has 6 rings (SSSR count). The van der Waals surface area contributed by atoms with Crippen LogP contribution in [0.5, 0.6) is 0 Å². The Kier molecular flexibility index (Phi) is 3.83. The lowest BCUT2D eigenvalue weighted by Crippen LogP contribution is -2.67. The fourth-order valence-corrected chi connectivity index (χ4v) is 3.97. The molecule has 0 radical (unpaired) electrons. The molecule has 0 aromatic carbocycles. The highest BCUT2D eigenvalue weighted by Crippen LogP contribution is 2.27. The number of nitrogens with one attached hydrogen (secondary N) is 2. The van der Waals surface area contributed by atoms with Crippen LogP contribution in [0.2, 0.25) is 0 Å². The van der Waals surface area contributed by atoms with Crippen LogP contribution in [-0.4, -0.2) is 50.5 Å². The van der Waals surface area contributed by atoms with Gasteiger partial charge in [0.2, 0.25) is 0 Å². The standard InChI is InChI=1S/C18H19F2N7O/c1-25-9-13(16(24-25)17(19)20)22-18(28)14-4-2-12-3-5-15(23-27(12)14)26-7-10-6-11(8-26)21-10/h2-5,9-11,17,21H,6-8H2,1H3,(H,22,28)/t10-,11+. The highest BCUT2D eigenvalue weighted by atomic mass is 19.3.